The minimum absolute atomic E-state index is 0.0995. The highest BCUT2D eigenvalue weighted by molar-refractivity contribution is 9.09. The minimum atomic E-state index is -0.504. The Balaban J connectivity index is 3.16. The van der Waals surface area contributed by atoms with E-state index in [4.69, 9.17) is 4.74 Å². The summed E-state index contributed by atoms with van der Waals surface area (Å²) in [6.45, 7) is 4.39. The molecule has 2 nitrogen and oxygen atoms in total. The van der Waals surface area contributed by atoms with Gasteiger partial charge in [-0.2, -0.15) is 0 Å². The number of benzene rings is 1. The average Bonchev–Trinajstić information content (AvgIpc) is 2.39. The molecule has 0 fully saturated rings. The van der Waals surface area contributed by atoms with E-state index in [1.165, 1.54) is 0 Å². The third-order valence-corrected chi connectivity index (χ3v) is 3.59. The molecule has 1 aromatic carbocycles. The molecule has 0 radical (unpaired) electrons. The summed E-state index contributed by atoms with van der Waals surface area (Å²) in [5.74, 6) is -0.0995. The van der Waals surface area contributed by atoms with Crippen LogP contribution in [-0.2, 0) is 14.9 Å². The van der Waals surface area contributed by atoms with Crippen molar-refractivity contribution in [1.82, 2.24) is 0 Å². The second-order valence-electron chi connectivity index (χ2n) is 4.36. The number of alkyl halides is 1. The van der Waals surface area contributed by atoms with Crippen molar-refractivity contribution in [3.63, 3.8) is 0 Å². The number of carbonyl (C=O) groups is 1. The Hall–Kier alpha value is -0.830. The molecule has 1 unspecified atom stereocenters. The highest BCUT2D eigenvalue weighted by Crippen LogP contribution is 2.35. The molecule has 18 heavy (non-hydrogen) atoms. The van der Waals surface area contributed by atoms with E-state index < -0.39 is 5.41 Å². The maximum atomic E-state index is 12.4. The molecule has 0 bridgehead atoms. The van der Waals surface area contributed by atoms with Crippen LogP contribution in [0, 0.1) is 0 Å². The molecule has 1 rings (SSSR count). The Morgan fingerprint density at radius 2 is 1.89 bits per heavy atom. The number of hydrogen-bond donors (Lipinski definition) is 0. The Labute approximate surface area is 118 Å². The molecule has 0 spiro atoms. The van der Waals surface area contributed by atoms with E-state index in [-0.39, 0.29) is 5.97 Å². The van der Waals surface area contributed by atoms with Crippen molar-refractivity contribution >= 4 is 21.9 Å². The van der Waals surface area contributed by atoms with Crippen molar-refractivity contribution in [2.45, 2.75) is 38.5 Å². The van der Waals surface area contributed by atoms with Gasteiger partial charge in [0.25, 0.3) is 0 Å². The molecule has 1 atom stereocenters. The van der Waals surface area contributed by atoms with Crippen molar-refractivity contribution in [1.29, 1.82) is 0 Å². The fraction of sp³-hybridized carbons (Fsp3) is 0.533. The van der Waals surface area contributed by atoms with Crippen LogP contribution in [0.15, 0.2) is 30.3 Å². The summed E-state index contributed by atoms with van der Waals surface area (Å²) in [6, 6.07) is 9.98. The maximum Gasteiger partial charge on any atom is 0.316 e. The Morgan fingerprint density at radius 3 is 2.39 bits per heavy atom. The molecular weight excluding hydrogens is 292 g/mol. The van der Waals surface area contributed by atoms with E-state index in [1.807, 2.05) is 37.3 Å². The number of halogens is 1. The van der Waals surface area contributed by atoms with Crippen LogP contribution in [0.4, 0.5) is 0 Å². The zero-order chi connectivity index (χ0) is 13.4. The molecule has 0 amide bonds. The van der Waals surface area contributed by atoms with Crippen LogP contribution in [0.3, 0.4) is 0 Å². The molecule has 3 heteroatoms. The summed E-state index contributed by atoms with van der Waals surface area (Å²) in [6.07, 6.45) is 2.55. The zero-order valence-electron chi connectivity index (χ0n) is 11.1. The van der Waals surface area contributed by atoms with Crippen LogP contribution in [0.5, 0.6) is 0 Å². The summed E-state index contributed by atoms with van der Waals surface area (Å²) in [4.78, 5) is 12.4. The predicted octanol–water partition coefficient (Wildman–Crippen LogP) is 4.07. The van der Waals surface area contributed by atoms with E-state index in [2.05, 4.69) is 22.9 Å². The van der Waals surface area contributed by atoms with Gasteiger partial charge in [0.2, 0.25) is 0 Å². The van der Waals surface area contributed by atoms with Gasteiger partial charge >= 0.3 is 5.97 Å². The zero-order valence-corrected chi connectivity index (χ0v) is 12.7. The van der Waals surface area contributed by atoms with Crippen molar-refractivity contribution in [3.05, 3.63) is 35.9 Å². The lowest BCUT2D eigenvalue weighted by Crippen LogP contribution is -2.38. The molecule has 0 saturated heterocycles. The van der Waals surface area contributed by atoms with Crippen molar-refractivity contribution in [2.24, 2.45) is 0 Å². The quantitative estimate of drug-likeness (QED) is 0.560. The third kappa shape index (κ3) is 3.35. The largest absolute Gasteiger partial charge is 0.465 e. The lowest BCUT2D eigenvalue weighted by Gasteiger charge is -2.31. The number of esters is 1. The molecule has 1 aromatic rings. The SMILES string of the molecule is CCCC(CCBr)(C(=O)OCC)c1ccccc1. The third-order valence-electron chi connectivity index (χ3n) is 3.19. The van der Waals surface area contributed by atoms with E-state index >= 15 is 0 Å². The van der Waals surface area contributed by atoms with E-state index in [1.54, 1.807) is 0 Å². The summed E-state index contributed by atoms with van der Waals surface area (Å²) >= 11 is 3.46. The molecule has 0 aliphatic heterocycles. The van der Waals surface area contributed by atoms with Crippen molar-refractivity contribution < 1.29 is 9.53 Å². The molecular formula is C15H21BrO2. The number of hydrogen-bond acceptors (Lipinski definition) is 2. The van der Waals surface area contributed by atoms with Crippen LogP contribution in [0.2, 0.25) is 0 Å². The molecule has 0 heterocycles. The van der Waals surface area contributed by atoms with Gasteiger partial charge in [0.05, 0.1) is 12.0 Å². The number of rotatable bonds is 7. The second-order valence-corrected chi connectivity index (χ2v) is 5.15. The average molecular weight is 313 g/mol. The van der Waals surface area contributed by atoms with Gasteiger partial charge < -0.3 is 4.74 Å². The first-order chi connectivity index (χ1) is 8.71. The molecule has 0 aromatic heterocycles. The van der Waals surface area contributed by atoms with Gasteiger partial charge in [-0.1, -0.05) is 59.6 Å². The van der Waals surface area contributed by atoms with Gasteiger partial charge in [-0.05, 0) is 25.3 Å². The van der Waals surface area contributed by atoms with Gasteiger partial charge in [0.15, 0.2) is 0 Å². The van der Waals surface area contributed by atoms with Gasteiger partial charge in [-0.15, -0.1) is 0 Å². The summed E-state index contributed by atoms with van der Waals surface area (Å²) in [5, 5.41) is 0.792. The summed E-state index contributed by atoms with van der Waals surface area (Å²) in [7, 11) is 0. The first-order valence-electron chi connectivity index (χ1n) is 6.50. The molecule has 0 saturated carbocycles. The topological polar surface area (TPSA) is 26.3 Å². The summed E-state index contributed by atoms with van der Waals surface area (Å²) < 4.78 is 5.31. The molecule has 0 aliphatic rings. The smallest absolute Gasteiger partial charge is 0.316 e. The van der Waals surface area contributed by atoms with Crippen LogP contribution in [0.25, 0.3) is 0 Å². The van der Waals surface area contributed by atoms with Gasteiger partial charge in [-0.3, -0.25) is 4.79 Å². The Bertz CT molecular complexity index is 356. The number of ether oxygens (including phenoxy) is 1. The molecule has 100 valence electrons. The monoisotopic (exact) mass is 312 g/mol. The van der Waals surface area contributed by atoms with Crippen molar-refractivity contribution in [2.75, 3.05) is 11.9 Å². The van der Waals surface area contributed by atoms with Crippen LogP contribution < -0.4 is 0 Å². The van der Waals surface area contributed by atoms with Gasteiger partial charge in [0.1, 0.15) is 0 Å². The van der Waals surface area contributed by atoms with Gasteiger partial charge in [0, 0.05) is 5.33 Å². The lowest BCUT2D eigenvalue weighted by atomic mass is 9.74. The highest BCUT2D eigenvalue weighted by atomic mass is 79.9. The first-order valence-corrected chi connectivity index (χ1v) is 7.62. The normalized spacial score (nSPS) is 13.9. The summed E-state index contributed by atoms with van der Waals surface area (Å²) in [5.41, 5.74) is 0.556. The Morgan fingerprint density at radius 1 is 1.22 bits per heavy atom. The minimum Gasteiger partial charge on any atom is -0.465 e. The fourth-order valence-corrected chi connectivity index (χ4v) is 3.03. The predicted molar refractivity (Wildman–Crippen MR) is 78.1 cm³/mol. The van der Waals surface area contributed by atoms with Crippen LogP contribution >= 0.6 is 15.9 Å². The van der Waals surface area contributed by atoms with Crippen LogP contribution in [0.1, 0.15) is 38.7 Å². The molecule has 0 aliphatic carbocycles. The van der Waals surface area contributed by atoms with E-state index in [0.717, 1.165) is 30.2 Å². The maximum absolute atomic E-state index is 12.4. The first kappa shape index (κ1) is 15.2. The number of carbonyl (C=O) groups excluding carboxylic acids is 1. The van der Waals surface area contributed by atoms with Crippen LogP contribution in [-0.4, -0.2) is 17.9 Å². The Kier molecular flexibility index (Phi) is 6.41. The highest BCUT2D eigenvalue weighted by Gasteiger charge is 2.39. The van der Waals surface area contributed by atoms with E-state index in [0.29, 0.717) is 6.61 Å². The van der Waals surface area contributed by atoms with E-state index in [9.17, 15) is 4.79 Å². The molecule has 0 N–H and O–H groups in total. The van der Waals surface area contributed by atoms with Gasteiger partial charge in [-0.25, -0.2) is 0 Å². The van der Waals surface area contributed by atoms with Crippen molar-refractivity contribution in [3.8, 4) is 0 Å². The lowest BCUT2D eigenvalue weighted by molar-refractivity contribution is -0.150. The second kappa shape index (κ2) is 7.57. The fourth-order valence-electron chi connectivity index (χ4n) is 2.35. The standard InChI is InChI=1S/C15H21BrO2/c1-3-10-15(11-12-16,14(17)18-4-2)13-8-6-5-7-9-13/h5-9H,3-4,10-12H2,1-2H3.